The Balaban J connectivity index is 2.08. The molecule has 1 N–H and O–H groups in total. The minimum absolute atomic E-state index is 0.0786. The second kappa shape index (κ2) is 13.8. The van der Waals surface area contributed by atoms with Crippen LogP contribution >= 0.6 is 11.6 Å². The van der Waals surface area contributed by atoms with E-state index in [1.54, 1.807) is 30.3 Å². The van der Waals surface area contributed by atoms with E-state index < -0.39 is 28.5 Å². The summed E-state index contributed by atoms with van der Waals surface area (Å²) in [5.74, 6) is -0.796. The van der Waals surface area contributed by atoms with Gasteiger partial charge in [-0.1, -0.05) is 67.1 Å². The molecule has 0 heterocycles. The molecule has 3 rings (SSSR count). The van der Waals surface area contributed by atoms with Crippen molar-refractivity contribution in [3.63, 3.8) is 0 Å². The Morgan fingerprint density at radius 1 is 0.925 bits per heavy atom. The van der Waals surface area contributed by atoms with Gasteiger partial charge in [-0.05, 0) is 73.7 Å². The highest BCUT2D eigenvalue weighted by molar-refractivity contribution is 7.92. The van der Waals surface area contributed by atoms with Gasteiger partial charge in [0, 0.05) is 24.0 Å². The van der Waals surface area contributed by atoms with E-state index in [1.165, 1.54) is 4.90 Å². The van der Waals surface area contributed by atoms with Crippen LogP contribution in [-0.4, -0.2) is 50.0 Å². The van der Waals surface area contributed by atoms with Gasteiger partial charge in [0.05, 0.1) is 11.9 Å². The molecule has 0 aliphatic rings. The summed E-state index contributed by atoms with van der Waals surface area (Å²) in [7, 11) is -3.82. The molecule has 40 heavy (non-hydrogen) atoms. The SMILES string of the molecule is CC[C@H](C)NC(=O)[C@@H](Cc1ccccc1)N(Cc1cccc(Cl)c1)C(=O)CN(c1cc(C)cc(C)c1)S(C)(=O)=O. The van der Waals surface area contributed by atoms with E-state index in [0.717, 1.165) is 39.2 Å². The van der Waals surface area contributed by atoms with Gasteiger partial charge < -0.3 is 10.2 Å². The third-order valence-electron chi connectivity index (χ3n) is 6.69. The Hall–Kier alpha value is -3.36. The van der Waals surface area contributed by atoms with Crippen molar-refractivity contribution in [1.82, 2.24) is 10.2 Å². The Morgan fingerprint density at radius 2 is 1.55 bits per heavy atom. The number of halogens is 1. The average Bonchev–Trinajstić information content (AvgIpc) is 2.88. The maximum Gasteiger partial charge on any atom is 0.244 e. The van der Waals surface area contributed by atoms with Gasteiger partial charge >= 0.3 is 0 Å². The van der Waals surface area contributed by atoms with E-state index in [-0.39, 0.29) is 24.9 Å². The standard InChI is InChI=1S/C31H38ClN3O4S/c1-6-24(4)33-31(37)29(19-25-11-8-7-9-12-25)34(20-26-13-10-14-27(32)18-26)30(36)21-35(40(5,38)39)28-16-22(2)15-23(3)17-28/h7-18,24,29H,6,19-21H2,1-5H3,(H,33,37)/t24-,29+/m0/s1. The van der Waals surface area contributed by atoms with Crippen molar-refractivity contribution in [2.45, 2.75) is 59.2 Å². The van der Waals surface area contributed by atoms with Crippen LogP contribution in [-0.2, 0) is 32.6 Å². The van der Waals surface area contributed by atoms with Crippen LogP contribution in [0.1, 0.15) is 42.5 Å². The highest BCUT2D eigenvalue weighted by atomic mass is 35.5. The predicted molar refractivity (Wildman–Crippen MR) is 162 cm³/mol. The molecule has 0 saturated carbocycles. The lowest BCUT2D eigenvalue weighted by atomic mass is 10.0. The lowest BCUT2D eigenvalue weighted by Gasteiger charge is -2.34. The van der Waals surface area contributed by atoms with E-state index in [4.69, 9.17) is 11.6 Å². The number of hydrogen-bond acceptors (Lipinski definition) is 4. The highest BCUT2D eigenvalue weighted by Gasteiger charge is 2.33. The maximum absolute atomic E-state index is 14.1. The largest absolute Gasteiger partial charge is 0.352 e. The smallest absolute Gasteiger partial charge is 0.244 e. The first-order valence-electron chi connectivity index (χ1n) is 13.3. The van der Waals surface area contributed by atoms with E-state index in [1.807, 2.05) is 70.2 Å². The molecule has 2 amide bonds. The van der Waals surface area contributed by atoms with Crippen molar-refractivity contribution < 1.29 is 18.0 Å². The third-order valence-corrected chi connectivity index (χ3v) is 8.06. The van der Waals surface area contributed by atoms with Crippen molar-refractivity contribution in [2.24, 2.45) is 0 Å². The molecule has 0 saturated heterocycles. The molecule has 3 aromatic carbocycles. The van der Waals surface area contributed by atoms with Gasteiger partial charge in [-0.2, -0.15) is 0 Å². The molecule has 3 aromatic rings. The zero-order valence-electron chi connectivity index (χ0n) is 23.7. The summed E-state index contributed by atoms with van der Waals surface area (Å²) in [6.45, 7) is 7.25. The number of nitrogens with zero attached hydrogens (tertiary/aromatic N) is 2. The summed E-state index contributed by atoms with van der Waals surface area (Å²) in [5, 5.41) is 3.52. The second-order valence-corrected chi connectivity index (χ2v) is 12.6. The number of hydrogen-bond donors (Lipinski definition) is 1. The van der Waals surface area contributed by atoms with Gasteiger partial charge in [-0.15, -0.1) is 0 Å². The number of carbonyl (C=O) groups is 2. The van der Waals surface area contributed by atoms with Gasteiger partial charge in [0.25, 0.3) is 0 Å². The number of sulfonamides is 1. The van der Waals surface area contributed by atoms with Crippen molar-refractivity contribution in [3.8, 4) is 0 Å². The molecule has 214 valence electrons. The highest BCUT2D eigenvalue weighted by Crippen LogP contribution is 2.23. The lowest BCUT2D eigenvalue weighted by molar-refractivity contribution is -0.140. The number of aryl methyl sites for hydroxylation is 2. The van der Waals surface area contributed by atoms with E-state index in [0.29, 0.717) is 10.7 Å². The summed E-state index contributed by atoms with van der Waals surface area (Å²) in [6.07, 6.45) is 2.06. The minimum Gasteiger partial charge on any atom is -0.352 e. The van der Waals surface area contributed by atoms with Crippen molar-refractivity contribution >= 4 is 39.1 Å². The maximum atomic E-state index is 14.1. The van der Waals surface area contributed by atoms with Gasteiger partial charge in [0.1, 0.15) is 12.6 Å². The van der Waals surface area contributed by atoms with Crippen LogP contribution < -0.4 is 9.62 Å². The number of nitrogens with one attached hydrogen (secondary N) is 1. The average molecular weight is 584 g/mol. The molecule has 9 heteroatoms. The van der Waals surface area contributed by atoms with Crippen molar-refractivity contribution in [1.29, 1.82) is 0 Å². The van der Waals surface area contributed by atoms with Crippen LogP contribution in [0.3, 0.4) is 0 Å². The quantitative estimate of drug-likeness (QED) is 0.314. The number of amides is 2. The van der Waals surface area contributed by atoms with Crippen LogP contribution in [0.5, 0.6) is 0 Å². The van der Waals surface area contributed by atoms with Crippen molar-refractivity contribution in [3.05, 3.63) is 100 Å². The normalized spacial score (nSPS) is 12.8. The molecule has 0 radical (unpaired) electrons. The first-order valence-corrected chi connectivity index (χ1v) is 15.5. The number of benzene rings is 3. The number of carbonyl (C=O) groups excluding carboxylic acids is 2. The molecule has 0 bridgehead atoms. The fraction of sp³-hybridized carbons (Fsp3) is 0.355. The van der Waals surface area contributed by atoms with E-state index >= 15 is 0 Å². The summed E-state index contributed by atoms with van der Waals surface area (Å²) in [5.41, 5.74) is 3.76. The molecule has 0 aromatic heterocycles. The van der Waals surface area contributed by atoms with Crippen LogP contribution in [0.4, 0.5) is 5.69 Å². The molecular weight excluding hydrogens is 546 g/mol. The Kier molecular flexibility index (Phi) is 10.8. The second-order valence-electron chi connectivity index (χ2n) is 10.3. The summed E-state index contributed by atoms with van der Waals surface area (Å²) in [4.78, 5) is 29.3. The molecule has 0 aliphatic heterocycles. The summed E-state index contributed by atoms with van der Waals surface area (Å²) >= 11 is 6.25. The fourth-order valence-electron chi connectivity index (χ4n) is 4.54. The molecular formula is C31H38ClN3O4S. The van der Waals surface area contributed by atoms with E-state index in [2.05, 4.69) is 5.32 Å². The first kappa shape index (κ1) is 31.2. The topological polar surface area (TPSA) is 86.8 Å². The molecule has 0 unspecified atom stereocenters. The van der Waals surface area contributed by atoms with Crippen LogP contribution in [0, 0.1) is 13.8 Å². The zero-order chi connectivity index (χ0) is 29.4. The zero-order valence-corrected chi connectivity index (χ0v) is 25.3. The summed E-state index contributed by atoms with van der Waals surface area (Å²) < 4.78 is 27.0. The summed E-state index contributed by atoms with van der Waals surface area (Å²) in [6, 6.07) is 21.0. The minimum atomic E-state index is -3.82. The molecule has 0 aliphatic carbocycles. The number of anilines is 1. The van der Waals surface area contributed by atoms with Crippen LogP contribution in [0.2, 0.25) is 5.02 Å². The third kappa shape index (κ3) is 8.83. The Bertz CT molecular complexity index is 1410. The molecule has 2 atom stereocenters. The molecule has 0 spiro atoms. The van der Waals surface area contributed by atoms with Gasteiger partial charge in [0.2, 0.25) is 21.8 Å². The molecule has 7 nitrogen and oxygen atoms in total. The van der Waals surface area contributed by atoms with Gasteiger partial charge in [0.15, 0.2) is 0 Å². The number of rotatable bonds is 12. The van der Waals surface area contributed by atoms with Gasteiger partial charge in [-0.3, -0.25) is 13.9 Å². The van der Waals surface area contributed by atoms with Gasteiger partial charge in [-0.25, -0.2) is 8.42 Å². The monoisotopic (exact) mass is 583 g/mol. The van der Waals surface area contributed by atoms with Crippen LogP contribution in [0.25, 0.3) is 0 Å². The first-order chi connectivity index (χ1) is 18.9. The Labute approximate surface area is 243 Å². The fourth-order valence-corrected chi connectivity index (χ4v) is 5.58. The van der Waals surface area contributed by atoms with Crippen LogP contribution in [0.15, 0.2) is 72.8 Å². The van der Waals surface area contributed by atoms with E-state index in [9.17, 15) is 18.0 Å². The Morgan fingerprint density at radius 3 is 2.12 bits per heavy atom. The lowest BCUT2D eigenvalue weighted by Crippen LogP contribution is -2.54. The van der Waals surface area contributed by atoms with Crippen molar-refractivity contribution in [2.75, 3.05) is 17.1 Å². The predicted octanol–water partition coefficient (Wildman–Crippen LogP) is 5.28. The molecule has 0 fully saturated rings.